The van der Waals surface area contributed by atoms with E-state index in [1.807, 2.05) is 19.1 Å². The molecule has 5 nitrogen and oxygen atoms in total. The standard InChI is InChI=1S/C18H23BrN2O3S/c1-11(20-12(2)22)10-23-14-4-6-15(7-5-14)24-18-21-16-8-3-13(19)9-17(16)25-18/h3,8-9,11,14-15H,4-7,10H2,1-2H3,(H,20,22)/t11-,14?,15?/m0/s1. The molecule has 0 aliphatic heterocycles. The lowest BCUT2D eigenvalue weighted by Gasteiger charge is -2.29. The van der Waals surface area contributed by atoms with Crippen LogP contribution in [0.1, 0.15) is 39.5 Å². The minimum absolute atomic E-state index is 0.0175. The van der Waals surface area contributed by atoms with Crippen molar-refractivity contribution >= 4 is 43.4 Å². The first kappa shape index (κ1) is 18.6. The molecule has 1 N–H and O–H groups in total. The lowest BCUT2D eigenvalue weighted by molar-refractivity contribution is -0.120. The molecular weight excluding hydrogens is 404 g/mol. The van der Waals surface area contributed by atoms with E-state index in [-0.39, 0.29) is 24.2 Å². The summed E-state index contributed by atoms with van der Waals surface area (Å²) in [6.07, 6.45) is 4.36. The molecule has 1 saturated carbocycles. The van der Waals surface area contributed by atoms with E-state index in [2.05, 4.69) is 32.3 Å². The first-order valence-electron chi connectivity index (χ1n) is 8.61. The predicted molar refractivity (Wildman–Crippen MR) is 103 cm³/mol. The SMILES string of the molecule is CC(=O)N[C@@H](C)COC1CCC(Oc2nc3ccc(Br)cc3s2)CC1. The molecule has 25 heavy (non-hydrogen) atoms. The lowest BCUT2D eigenvalue weighted by atomic mass is 9.95. The van der Waals surface area contributed by atoms with Gasteiger partial charge in [-0.3, -0.25) is 4.79 Å². The third-order valence-corrected chi connectivity index (χ3v) is 5.65. The van der Waals surface area contributed by atoms with Gasteiger partial charge in [-0.1, -0.05) is 27.3 Å². The van der Waals surface area contributed by atoms with Gasteiger partial charge in [0.2, 0.25) is 5.91 Å². The predicted octanol–water partition coefficient (Wildman–Crippen LogP) is 4.29. The minimum atomic E-state index is -0.0175. The van der Waals surface area contributed by atoms with Gasteiger partial charge in [0.05, 0.1) is 22.9 Å². The van der Waals surface area contributed by atoms with Gasteiger partial charge in [-0.25, -0.2) is 4.98 Å². The van der Waals surface area contributed by atoms with Crippen molar-refractivity contribution in [3.8, 4) is 5.19 Å². The number of hydrogen-bond donors (Lipinski definition) is 1. The number of amides is 1. The summed E-state index contributed by atoms with van der Waals surface area (Å²) in [4.78, 5) is 15.6. The molecule has 1 atom stereocenters. The highest BCUT2D eigenvalue weighted by Gasteiger charge is 2.24. The Kier molecular flexibility index (Phi) is 6.30. The summed E-state index contributed by atoms with van der Waals surface area (Å²) in [5.74, 6) is -0.0175. The smallest absolute Gasteiger partial charge is 0.274 e. The van der Waals surface area contributed by atoms with E-state index in [1.165, 1.54) is 6.92 Å². The van der Waals surface area contributed by atoms with Crippen LogP contribution in [0.4, 0.5) is 0 Å². The van der Waals surface area contributed by atoms with Crippen molar-refractivity contribution in [3.63, 3.8) is 0 Å². The molecule has 136 valence electrons. The van der Waals surface area contributed by atoms with Gasteiger partial charge >= 0.3 is 0 Å². The highest BCUT2D eigenvalue weighted by atomic mass is 79.9. The molecule has 1 fully saturated rings. The number of fused-ring (bicyclic) bond motifs is 1. The molecule has 1 aromatic carbocycles. The summed E-state index contributed by atoms with van der Waals surface area (Å²) < 4.78 is 14.2. The zero-order valence-electron chi connectivity index (χ0n) is 14.5. The Morgan fingerprint density at radius 2 is 2.08 bits per heavy atom. The maximum atomic E-state index is 11.0. The van der Waals surface area contributed by atoms with Crippen molar-refractivity contribution in [1.29, 1.82) is 0 Å². The molecule has 3 rings (SSSR count). The van der Waals surface area contributed by atoms with Crippen molar-refractivity contribution in [2.24, 2.45) is 0 Å². The Bertz CT molecular complexity index is 728. The maximum Gasteiger partial charge on any atom is 0.274 e. The molecule has 0 saturated heterocycles. The van der Waals surface area contributed by atoms with E-state index in [0.29, 0.717) is 6.61 Å². The Morgan fingerprint density at radius 3 is 2.80 bits per heavy atom. The van der Waals surface area contributed by atoms with Crippen LogP contribution >= 0.6 is 27.3 Å². The fourth-order valence-corrected chi connectivity index (χ4v) is 4.49. The van der Waals surface area contributed by atoms with E-state index >= 15 is 0 Å². The van der Waals surface area contributed by atoms with Gasteiger partial charge in [0.25, 0.3) is 5.19 Å². The fraction of sp³-hybridized carbons (Fsp3) is 0.556. The Morgan fingerprint density at radius 1 is 1.36 bits per heavy atom. The van der Waals surface area contributed by atoms with Gasteiger partial charge in [-0.2, -0.15) is 0 Å². The third-order valence-electron chi connectivity index (χ3n) is 4.25. The Balaban J connectivity index is 1.45. The highest BCUT2D eigenvalue weighted by molar-refractivity contribution is 9.10. The van der Waals surface area contributed by atoms with E-state index in [0.717, 1.165) is 45.6 Å². The molecule has 0 bridgehead atoms. The number of nitrogens with zero attached hydrogens (tertiary/aromatic N) is 1. The molecule has 1 heterocycles. The van der Waals surface area contributed by atoms with E-state index in [4.69, 9.17) is 9.47 Å². The molecule has 1 aromatic heterocycles. The minimum Gasteiger partial charge on any atom is -0.467 e. The number of benzene rings is 1. The van der Waals surface area contributed by atoms with Crippen LogP contribution in [0.5, 0.6) is 5.19 Å². The summed E-state index contributed by atoms with van der Waals surface area (Å²) >= 11 is 5.08. The molecule has 0 radical (unpaired) electrons. The summed E-state index contributed by atoms with van der Waals surface area (Å²) in [6, 6.07) is 6.12. The average Bonchev–Trinajstić information content (AvgIpc) is 2.95. The Hall–Kier alpha value is -1.18. The van der Waals surface area contributed by atoms with Crippen LogP contribution < -0.4 is 10.1 Å². The number of aromatic nitrogens is 1. The molecular formula is C18H23BrN2O3S. The molecule has 0 spiro atoms. The maximum absolute atomic E-state index is 11.0. The average molecular weight is 427 g/mol. The van der Waals surface area contributed by atoms with Crippen LogP contribution in [-0.2, 0) is 9.53 Å². The van der Waals surface area contributed by atoms with Gasteiger partial charge in [0, 0.05) is 17.4 Å². The summed E-state index contributed by atoms with van der Waals surface area (Å²) in [7, 11) is 0. The Labute approximate surface area is 160 Å². The van der Waals surface area contributed by atoms with Crippen LogP contribution in [0.15, 0.2) is 22.7 Å². The van der Waals surface area contributed by atoms with Crippen molar-refractivity contribution in [3.05, 3.63) is 22.7 Å². The zero-order valence-corrected chi connectivity index (χ0v) is 16.9. The number of carbonyl (C=O) groups excluding carboxylic acids is 1. The highest BCUT2D eigenvalue weighted by Crippen LogP contribution is 2.32. The van der Waals surface area contributed by atoms with Crippen LogP contribution in [0, 0.1) is 0 Å². The molecule has 0 unspecified atom stereocenters. The van der Waals surface area contributed by atoms with Crippen LogP contribution in [-0.4, -0.2) is 35.7 Å². The van der Waals surface area contributed by atoms with Gasteiger partial charge in [-0.15, -0.1) is 0 Å². The van der Waals surface area contributed by atoms with Gasteiger partial charge in [0.1, 0.15) is 6.10 Å². The third kappa shape index (κ3) is 5.39. The van der Waals surface area contributed by atoms with Crippen molar-refractivity contribution in [2.75, 3.05) is 6.61 Å². The number of rotatable bonds is 6. The summed E-state index contributed by atoms with van der Waals surface area (Å²) in [6.45, 7) is 4.05. The van der Waals surface area contributed by atoms with Gasteiger partial charge < -0.3 is 14.8 Å². The number of thiazole rings is 1. The number of ether oxygens (including phenoxy) is 2. The first-order valence-corrected chi connectivity index (χ1v) is 10.2. The largest absolute Gasteiger partial charge is 0.467 e. The number of hydrogen-bond acceptors (Lipinski definition) is 5. The normalized spacial score (nSPS) is 21.9. The molecule has 2 aromatic rings. The number of carbonyl (C=O) groups is 1. The van der Waals surface area contributed by atoms with Crippen LogP contribution in [0.2, 0.25) is 0 Å². The fourth-order valence-electron chi connectivity index (χ4n) is 3.06. The molecule has 1 aliphatic carbocycles. The molecule has 1 aliphatic rings. The zero-order chi connectivity index (χ0) is 17.8. The second-order valence-electron chi connectivity index (χ2n) is 6.54. The topological polar surface area (TPSA) is 60.5 Å². The van der Waals surface area contributed by atoms with E-state index in [9.17, 15) is 4.79 Å². The summed E-state index contributed by atoms with van der Waals surface area (Å²) in [5, 5.41) is 3.59. The van der Waals surface area contributed by atoms with Crippen LogP contribution in [0.25, 0.3) is 10.2 Å². The summed E-state index contributed by atoms with van der Waals surface area (Å²) in [5.41, 5.74) is 0.979. The first-order chi connectivity index (χ1) is 12.0. The molecule has 7 heteroatoms. The van der Waals surface area contributed by atoms with Crippen LogP contribution in [0.3, 0.4) is 0 Å². The second kappa shape index (κ2) is 8.47. The second-order valence-corrected chi connectivity index (χ2v) is 8.45. The quantitative estimate of drug-likeness (QED) is 0.747. The van der Waals surface area contributed by atoms with Gasteiger partial charge in [0.15, 0.2) is 0 Å². The molecule has 1 amide bonds. The lowest BCUT2D eigenvalue weighted by Crippen LogP contribution is -2.36. The number of nitrogens with one attached hydrogen (secondary N) is 1. The van der Waals surface area contributed by atoms with Crippen molar-refractivity contribution in [1.82, 2.24) is 10.3 Å². The van der Waals surface area contributed by atoms with Crippen molar-refractivity contribution in [2.45, 2.75) is 57.8 Å². The number of halogens is 1. The van der Waals surface area contributed by atoms with Gasteiger partial charge in [-0.05, 0) is 50.8 Å². The van der Waals surface area contributed by atoms with Crippen molar-refractivity contribution < 1.29 is 14.3 Å². The van der Waals surface area contributed by atoms with E-state index in [1.54, 1.807) is 11.3 Å². The van der Waals surface area contributed by atoms with E-state index < -0.39 is 0 Å². The monoisotopic (exact) mass is 426 g/mol.